The van der Waals surface area contributed by atoms with Crippen molar-refractivity contribution in [3.05, 3.63) is 69.6 Å². The van der Waals surface area contributed by atoms with Crippen molar-refractivity contribution in [2.75, 3.05) is 25.5 Å². The van der Waals surface area contributed by atoms with Gasteiger partial charge in [-0.1, -0.05) is 23.7 Å². The Morgan fingerprint density at radius 3 is 2.57 bits per heavy atom. The summed E-state index contributed by atoms with van der Waals surface area (Å²) in [6.45, 7) is 2.18. The molecule has 0 bridgehead atoms. The van der Waals surface area contributed by atoms with Crippen LogP contribution < -0.4 is 15.6 Å². The Bertz CT molecular complexity index is 1420. The molecule has 2 heterocycles. The van der Waals surface area contributed by atoms with Crippen molar-refractivity contribution in [1.29, 1.82) is 0 Å². The lowest BCUT2D eigenvalue weighted by Crippen LogP contribution is -2.41. The second kappa shape index (κ2) is 10.2. The largest absolute Gasteiger partial charge is 0.495 e. The van der Waals surface area contributed by atoms with E-state index in [0.717, 1.165) is 0 Å². The number of aromatic nitrogens is 2. The van der Waals surface area contributed by atoms with Crippen LogP contribution in [0.3, 0.4) is 0 Å². The zero-order chi connectivity index (χ0) is 25.2. The zero-order valence-electron chi connectivity index (χ0n) is 19.2. The van der Waals surface area contributed by atoms with Gasteiger partial charge in [-0.3, -0.25) is 9.59 Å². The van der Waals surface area contributed by atoms with Crippen molar-refractivity contribution in [3.63, 3.8) is 0 Å². The fraction of sp³-hybridized carbons (Fsp3) is 0.292. The van der Waals surface area contributed by atoms with Crippen LogP contribution in [-0.2, 0) is 14.8 Å². The smallest absolute Gasteiger partial charge is 0.251 e. The molecule has 0 aliphatic carbocycles. The highest BCUT2D eigenvalue weighted by molar-refractivity contribution is 7.89. The maximum atomic E-state index is 13.0. The summed E-state index contributed by atoms with van der Waals surface area (Å²) >= 11 is 6.10. The lowest BCUT2D eigenvalue weighted by atomic mass is 9.97. The summed E-state index contributed by atoms with van der Waals surface area (Å²) in [5.74, 6) is 0.303. The number of ether oxygens (including phenoxy) is 1. The van der Waals surface area contributed by atoms with Crippen molar-refractivity contribution in [3.8, 4) is 17.1 Å². The number of carbonyl (C=O) groups excluding carboxylic acids is 1. The first-order valence-corrected chi connectivity index (χ1v) is 12.8. The molecule has 0 spiro atoms. The number of rotatable bonds is 6. The van der Waals surface area contributed by atoms with Gasteiger partial charge >= 0.3 is 0 Å². The summed E-state index contributed by atoms with van der Waals surface area (Å²) in [5, 5.41) is 3.12. The van der Waals surface area contributed by atoms with Gasteiger partial charge < -0.3 is 15.0 Å². The van der Waals surface area contributed by atoms with E-state index in [0.29, 0.717) is 41.4 Å². The van der Waals surface area contributed by atoms with Gasteiger partial charge in [-0.15, -0.1) is 0 Å². The van der Waals surface area contributed by atoms with Crippen LogP contribution in [0, 0.1) is 12.8 Å². The lowest BCUT2D eigenvalue weighted by molar-refractivity contribution is -0.120. The van der Waals surface area contributed by atoms with Crippen LogP contribution in [-0.4, -0.2) is 48.8 Å². The summed E-state index contributed by atoms with van der Waals surface area (Å²) in [6.07, 6.45) is 0.781. The first-order valence-electron chi connectivity index (χ1n) is 11.0. The first-order chi connectivity index (χ1) is 16.7. The van der Waals surface area contributed by atoms with Crippen molar-refractivity contribution in [2.45, 2.75) is 24.7 Å². The van der Waals surface area contributed by atoms with Gasteiger partial charge in [-0.2, -0.15) is 4.31 Å². The predicted molar refractivity (Wildman–Crippen MR) is 133 cm³/mol. The SMILES string of the molecule is COc1ccc(S(=O)(=O)N2CCC(C(=O)Nc3cccc(-c4nc(C)cc(=O)[nH]4)c3)CC2)cc1Cl. The van der Waals surface area contributed by atoms with E-state index in [-0.39, 0.29) is 40.4 Å². The number of H-pyrrole nitrogens is 1. The minimum atomic E-state index is -3.74. The third-order valence-electron chi connectivity index (χ3n) is 5.86. The molecule has 0 radical (unpaired) electrons. The molecule has 3 aromatic rings. The van der Waals surface area contributed by atoms with Gasteiger partial charge in [0.1, 0.15) is 11.6 Å². The number of halogens is 1. The van der Waals surface area contributed by atoms with Crippen molar-refractivity contribution >= 4 is 33.2 Å². The zero-order valence-corrected chi connectivity index (χ0v) is 20.8. The topological polar surface area (TPSA) is 121 Å². The molecular weight excluding hydrogens is 492 g/mol. The standard InChI is InChI=1S/C24H25ClN4O5S/c1-15-12-22(30)28-23(26-15)17-4-3-5-18(13-17)27-24(31)16-8-10-29(11-9-16)35(32,33)19-6-7-21(34-2)20(25)14-19/h3-7,12-14,16H,8-11H2,1-2H3,(H,27,31)(H,26,28,30). The highest BCUT2D eigenvalue weighted by atomic mass is 35.5. The van der Waals surface area contributed by atoms with E-state index in [9.17, 15) is 18.0 Å². The summed E-state index contributed by atoms with van der Waals surface area (Å²) in [7, 11) is -2.28. The van der Waals surface area contributed by atoms with Gasteiger partial charge in [0, 0.05) is 42.0 Å². The molecular formula is C24H25ClN4O5S. The van der Waals surface area contributed by atoms with Gasteiger partial charge in [0.15, 0.2) is 0 Å². The Kier molecular flexibility index (Phi) is 7.25. The van der Waals surface area contributed by atoms with Crippen LogP contribution >= 0.6 is 11.6 Å². The van der Waals surface area contributed by atoms with Crippen LogP contribution in [0.1, 0.15) is 18.5 Å². The molecule has 1 aromatic heterocycles. The summed E-state index contributed by atoms with van der Waals surface area (Å²) in [5.41, 5.74) is 1.58. The van der Waals surface area contributed by atoms with Gasteiger partial charge in [0.25, 0.3) is 5.56 Å². The average Bonchev–Trinajstić information content (AvgIpc) is 2.83. The molecule has 1 saturated heterocycles. The molecule has 2 N–H and O–H groups in total. The number of benzene rings is 2. The quantitative estimate of drug-likeness (QED) is 0.517. The van der Waals surface area contributed by atoms with E-state index in [1.807, 2.05) is 0 Å². The molecule has 0 atom stereocenters. The molecule has 0 saturated carbocycles. The van der Waals surface area contributed by atoms with Gasteiger partial charge in [-0.25, -0.2) is 13.4 Å². The molecule has 35 heavy (non-hydrogen) atoms. The minimum absolute atomic E-state index is 0.0887. The Morgan fingerprint density at radius 2 is 1.91 bits per heavy atom. The number of aryl methyl sites for hydroxylation is 1. The normalized spacial score (nSPS) is 15.1. The fourth-order valence-corrected chi connectivity index (χ4v) is 5.84. The highest BCUT2D eigenvalue weighted by Gasteiger charge is 2.32. The highest BCUT2D eigenvalue weighted by Crippen LogP contribution is 2.30. The molecule has 1 aliphatic rings. The number of hydrogen-bond donors (Lipinski definition) is 2. The number of sulfonamides is 1. The second-order valence-corrected chi connectivity index (χ2v) is 10.6. The van der Waals surface area contributed by atoms with Gasteiger partial charge in [-0.05, 0) is 50.1 Å². The van der Waals surface area contributed by atoms with Crippen LogP contribution in [0.25, 0.3) is 11.4 Å². The van der Waals surface area contributed by atoms with E-state index in [4.69, 9.17) is 16.3 Å². The summed E-state index contributed by atoms with van der Waals surface area (Å²) in [6, 6.07) is 12.8. The van der Waals surface area contributed by atoms with E-state index in [1.165, 1.54) is 35.7 Å². The van der Waals surface area contributed by atoms with Gasteiger partial charge in [0.2, 0.25) is 15.9 Å². The van der Waals surface area contributed by atoms with Crippen molar-refractivity contribution in [2.24, 2.45) is 5.92 Å². The van der Waals surface area contributed by atoms with Crippen molar-refractivity contribution in [1.82, 2.24) is 14.3 Å². The van der Waals surface area contributed by atoms with E-state index in [2.05, 4.69) is 15.3 Å². The summed E-state index contributed by atoms with van der Waals surface area (Å²) < 4.78 is 32.5. The molecule has 1 aliphatic heterocycles. The van der Waals surface area contributed by atoms with Crippen LogP contribution in [0.2, 0.25) is 5.02 Å². The van der Waals surface area contributed by atoms with Crippen molar-refractivity contribution < 1.29 is 17.9 Å². The Hall–Kier alpha value is -3.21. The molecule has 9 nitrogen and oxygen atoms in total. The third-order valence-corrected chi connectivity index (χ3v) is 8.05. The van der Waals surface area contributed by atoms with E-state index >= 15 is 0 Å². The average molecular weight is 517 g/mol. The minimum Gasteiger partial charge on any atom is -0.495 e. The molecule has 1 fully saturated rings. The predicted octanol–water partition coefficient (Wildman–Crippen LogP) is 3.45. The Morgan fingerprint density at radius 1 is 1.17 bits per heavy atom. The fourth-order valence-electron chi connectivity index (χ4n) is 4.02. The number of nitrogens with one attached hydrogen (secondary N) is 2. The van der Waals surface area contributed by atoms with Gasteiger partial charge in [0.05, 0.1) is 17.0 Å². The van der Waals surface area contributed by atoms with Crippen LogP contribution in [0.5, 0.6) is 5.75 Å². The number of methoxy groups -OCH3 is 1. The number of hydrogen-bond acceptors (Lipinski definition) is 6. The molecule has 0 unspecified atom stereocenters. The van der Waals surface area contributed by atoms with E-state index in [1.54, 1.807) is 31.2 Å². The molecule has 4 rings (SSSR count). The molecule has 2 aromatic carbocycles. The molecule has 11 heteroatoms. The third kappa shape index (κ3) is 5.55. The van der Waals surface area contributed by atoms with Crippen LogP contribution in [0.15, 0.2) is 58.2 Å². The van der Waals surface area contributed by atoms with Crippen LogP contribution in [0.4, 0.5) is 5.69 Å². The summed E-state index contributed by atoms with van der Waals surface area (Å²) in [4.78, 5) is 31.8. The number of piperidine rings is 1. The Labute approximate surface area is 208 Å². The second-order valence-electron chi connectivity index (χ2n) is 8.28. The first kappa shape index (κ1) is 24.9. The number of nitrogens with zero attached hydrogens (tertiary/aromatic N) is 2. The number of aromatic amines is 1. The number of anilines is 1. The number of amides is 1. The Balaban J connectivity index is 1.41. The monoisotopic (exact) mass is 516 g/mol. The maximum absolute atomic E-state index is 13.0. The lowest BCUT2D eigenvalue weighted by Gasteiger charge is -2.30. The molecule has 1 amide bonds. The maximum Gasteiger partial charge on any atom is 0.251 e. The number of carbonyl (C=O) groups is 1. The van der Waals surface area contributed by atoms with E-state index < -0.39 is 10.0 Å². The molecule has 184 valence electrons.